The third kappa shape index (κ3) is 4.87. The van der Waals surface area contributed by atoms with Crippen molar-refractivity contribution in [2.45, 2.75) is 26.4 Å². The molecule has 1 aromatic carbocycles. The van der Waals surface area contributed by atoms with Crippen molar-refractivity contribution in [3.8, 4) is 0 Å². The molecule has 1 amide bonds. The molecule has 0 unspecified atom stereocenters. The van der Waals surface area contributed by atoms with Gasteiger partial charge in [0.15, 0.2) is 0 Å². The summed E-state index contributed by atoms with van der Waals surface area (Å²) in [6, 6.07) is 8.30. The Kier molecular flexibility index (Phi) is 5.96. The van der Waals surface area contributed by atoms with Crippen LogP contribution in [0.4, 0.5) is 0 Å². The number of thiazole rings is 1. The molecule has 5 nitrogen and oxygen atoms in total. The van der Waals surface area contributed by atoms with E-state index in [1.54, 1.807) is 11.3 Å². The van der Waals surface area contributed by atoms with Gasteiger partial charge in [0.25, 0.3) is 0 Å². The van der Waals surface area contributed by atoms with E-state index >= 15 is 0 Å². The Balaban J connectivity index is 1.55. The van der Waals surface area contributed by atoms with E-state index in [2.05, 4.69) is 33.4 Å². The third-order valence-electron chi connectivity index (χ3n) is 4.10. The smallest absolute Gasteiger partial charge is 0.226 e. The zero-order chi connectivity index (χ0) is 16.8. The van der Waals surface area contributed by atoms with Gasteiger partial charge < -0.3 is 10.1 Å². The lowest BCUT2D eigenvalue weighted by Crippen LogP contribution is -2.36. The van der Waals surface area contributed by atoms with Crippen LogP contribution in [0, 0.1) is 6.92 Å². The van der Waals surface area contributed by atoms with Crippen LogP contribution in [-0.4, -0.2) is 42.1 Å². The van der Waals surface area contributed by atoms with Crippen LogP contribution in [0.3, 0.4) is 0 Å². The first-order valence-electron chi connectivity index (χ1n) is 8.25. The van der Waals surface area contributed by atoms with Crippen molar-refractivity contribution in [2.75, 3.05) is 26.3 Å². The van der Waals surface area contributed by atoms with Gasteiger partial charge in [0.05, 0.1) is 30.3 Å². The van der Waals surface area contributed by atoms with Crippen molar-refractivity contribution in [3.63, 3.8) is 0 Å². The number of morpholine rings is 1. The van der Waals surface area contributed by atoms with E-state index in [9.17, 15) is 4.79 Å². The summed E-state index contributed by atoms with van der Waals surface area (Å²) in [5.41, 5.74) is 3.28. The summed E-state index contributed by atoms with van der Waals surface area (Å²) < 4.78 is 5.40. The predicted octanol–water partition coefficient (Wildman–Crippen LogP) is 2.14. The highest BCUT2D eigenvalue weighted by molar-refractivity contribution is 7.09. The molecule has 6 heteroatoms. The highest BCUT2D eigenvalue weighted by Gasteiger charge is 2.13. The average Bonchev–Trinajstić information content (AvgIpc) is 3.00. The number of benzene rings is 1. The maximum Gasteiger partial charge on any atom is 0.226 e. The van der Waals surface area contributed by atoms with Crippen LogP contribution in [0.25, 0.3) is 0 Å². The Morgan fingerprint density at radius 2 is 2.04 bits per heavy atom. The molecule has 128 valence electrons. The van der Waals surface area contributed by atoms with Crippen LogP contribution in [0.1, 0.15) is 21.8 Å². The Labute approximate surface area is 146 Å². The van der Waals surface area contributed by atoms with Crippen molar-refractivity contribution in [2.24, 2.45) is 0 Å². The van der Waals surface area contributed by atoms with Gasteiger partial charge >= 0.3 is 0 Å². The van der Waals surface area contributed by atoms with Crippen molar-refractivity contribution in [1.29, 1.82) is 0 Å². The summed E-state index contributed by atoms with van der Waals surface area (Å²) in [6.45, 7) is 6.93. The van der Waals surface area contributed by atoms with Gasteiger partial charge in [-0.3, -0.25) is 9.69 Å². The van der Waals surface area contributed by atoms with Crippen molar-refractivity contribution in [1.82, 2.24) is 15.2 Å². The molecule has 1 aliphatic rings. The van der Waals surface area contributed by atoms with Crippen LogP contribution in [0.2, 0.25) is 0 Å². The number of hydrogen-bond donors (Lipinski definition) is 1. The molecule has 2 aromatic rings. The van der Waals surface area contributed by atoms with E-state index in [0.717, 1.165) is 43.5 Å². The number of amides is 1. The van der Waals surface area contributed by atoms with Gasteiger partial charge in [-0.15, -0.1) is 11.3 Å². The minimum atomic E-state index is 0.0153. The minimum Gasteiger partial charge on any atom is -0.379 e. The molecule has 0 bridgehead atoms. The second-order valence-corrected chi connectivity index (χ2v) is 7.03. The van der Waals surface area contributed by atoms with Crippen LogP contribution in [-0.2, 0) is 29.0 Å². The summed E-state index contributed by atoms with van der Waals surface area (Å²) in [4.78, 5) is 18.9. The molecule has 1 fully saturated rings. The summed E-state index contributed by atoms with van der Waals surface area (Å²) in [5.74, 6) is 0.0153. The highest BCUT2D eigenvalue weighted by atomic mass is 32.1. The first kappa shape index (κ1) is 17.1. The summed E-state index contributed by atoms with van der Waals surface area (Å²) >= 11 is 1.58. The molecule has 1 saturated heterocycles. The molecule has 0 atom stereocenters. The molecule has 0 saturated carbocycles. The van der Waals surface area contributed by atoms with Crippen LogP contribution in [0.15, 0.2) is 29.6 Å². The maximum absolute atomic E-state index is 12.1. The zero-order valence-corrected chi connectivity index (χ0v) is 14.8. The lowest BCUT2D eigenvalue weighted by Gasteiger charge is -2.27. The van der Waals surface area contributed by atoms with Crippen molar-refractivity contribution < 1.29 is 9.53 Å². The molecule has 24 heavy (non-hydrogen) atoms. The first-order valence-corrected chi connectivity index (χ1v) is 9.13. The quantitative estimate of drug-likeness (QED) is 0.872. The average molecular weight is 345 g/mol. The van der Waals surface area contributed by atoms with Gasteiger partial charge in [0, 0.05) is 31.6 Å². The molecular formula is C18H23N3O2S. The van der Waals surface area contributed by atoms with E-state index in [1.807, 2.05) is 18.4 Å². The van der Waals surface area contributed by atoms with Crippen LogP contribution >= 0.6 is 11.3 Å². The summed E-state index contributed by atoms with van der Waals surface area (Å²) in [6.07, 6.45) is 0.343. The summed E-state index contributed by atoms with van der Waals surface area (Å²) in [7, 11) is 0. The fourth-order valence-electron chi connectivity index (χ4n) is 2.79. The van der Waals surface area contributed by atoms with Gasteiger partial charge in [-0.25, -0.2) is 4.98 Å². The number of nitrogens with zero attached hydrogens (tertiary/aromatic N) is 2. The number of rotatable bonds is 6. The number of aromatic nitrogens is 1. The van der Waals surface area contributed by atoms with E-state index in [-0.39, 0.29) is 5.91 Å². The third-order valence-corrected chi connectivity index (χ3v) is 4.92. The van der Waals surface area contributed by atoms with Crippen LogP contribution < -0.4 is 5.32 Å². The molecule has 3 rings (SSSR count). The van der Waals surface area contributed by atoms with Crippen molar-refractivity contribution >= 4 is 17.2 Å². The second kappa shape index (κ2) is 8.37. The van der Waals surface area contributed by atoms with E-state index in [4.69, 9.17) is 4.74 Å². The Morgan fingerprint density at radius 1 is 1.29 bits per heavy atom. The Bertz CT molecular complexity index is 680. The molecule has 1 aromatic heterocycles. The lowest BCUT2D eigenvalue weighted by molar-refractivity contribution is -0.120. The molecule has 0 radical (unpaired) electrons. The number of carbonyl (C=O) groups excluding carboxylic acids is 1. The van der Waals surface area contributed by atoms with Gasteiger partial charge in [-0.1, -0.05) is 24.3 Å². The Hall–Kier alpha value is -1.76. The molecule has 0 aliphatic carbocycles. The topological polar surface area (TPSA) is 54.5 Å². The number of carbonyl (C=O) groups is 1. The normalized spacial score (nSPS) is 15.4. The summed E-state index contributed by atoms with van der Waals surface area (Å²) in [5, 5.41) is 5.96. The SMILES string of the molecule is Cc1nc(CC(=O)NCc2ccccc2CN2CCOCC2)cs1. The van der Waals surface area contributed by atoms with Crippen LogP contribution in [0.5, 0.6) is 0 Å². The predicted molar refractivity (Wildman–Crippen MR) is 94.9 cm³/mol. The lowest BCUT2D eigenvalue weighted by atomic mass is 10.1. The first-order chi connectivity index (χ1) is 11.7. The maximum atomic E-state index is 12.1. The fourth-order valence-corrected chi connectivity index (χ4v) is 3.41. The molecule has 1 N–H and O–H groups in total. The number of hydrogen-bond acceptors (Lipinski definition) is 5. The zero-order valence-electron chi connectivity index (χ0n) is 14.0. The highest BCUT2D eigenvalue weighted by Crippen LogP contribution is 2.13. The van der Waals surface area contributed by atoms with E-state index in [1.165, 1.54) is 11.1 Å². The van der Waals surface area contributed by atoms with Gasteiger partial charge in [-0.05, 0) is 18.1 Å². The van der Waals surface area contributed by atoms with Crippen molar-refractivity contribution in [3.05, 3.63) is 51.5 Å². The molecule has 0 spiro atoms. The second-order valence-electron chi connectivity index (χ2n) is 5.97. The number of nitrogens with one attached hydrogen (secondary N) is 1. The molecular weight excluding hydrogens is 322 g/mol. The monoisotopic (exact) mass is 345 g/mol. The van der Waals surface area contributed by atoms with Gasteiger partial charge in [0.1, 0.15) is 0 Å². The van der Waals surface area contributed by atoms with Gasteiger partial charge in [0.2, 0.25) is 5.91 Å². The van der Waals surface area contributed by atoms with Gasteiger partial charge in [-0.2, -0.15) is 0 Å². The Morgan fingerprint density at radius 3 is 2.75 bits per heavy atom. The minimum absolute atomic E-state index is 0.0153. The molecule has 1 aliphatic heterocycles. The number of aryl methyl sites for hydroxylation is 1. The fraction of sp³-hybridized carbons (Fsp3) is 0.444. The number of ether oxygens (including phenoxy) is 1. The van der Waals surface area contributed by atoms with E-state index in [0.29, 0.717) is 13.0 Å². The van der Waals surface area contributed by atoms with E-state index < -0.39 is 0 Å². The largest absolute Gasteiger partial charge is 0.379 e. The standard InChI is InChI=1S/C18H23N3O2S/c1-14-20-17(13-24-14)10-18(22)19-11-15-4-2-3-5-16(15)12-21-6-8-23-9-7-21/h2-5,13H,6-12H2,1H3,(H,19,22). The molecule has 2 heterocycles.